The minimum Gasteiger partial charge on any atom is -0.453 e. The largest absolute Gasteiger partial charge is 0.453 e. The lowest BCUT2D eigenvalue weighted by Crippen LogP contribution is -2.53. The second-order valence-corrected chi connectivity index (χ2v) is 15.7. The quantitative estimate of drug-likeness (QED) is 0.158. The molecule has 4 atom stereocenters. The lowest BCUT2D eigenvalue weighted by atomic mass is 9.96. The van der Waals surface area contributed by atoms with Crippen molar-refractivity contribution >= 4 is 46.2 Å². The van der Waals surface area contributed by atoms with E-state index in [1.165, 1.54) is 14.2 Å². The molecule has 3 N–H and O–H groups in total. The number of amides is 4. The summed E-state index contributed by atoms with van der Waals surface area (Å²) in [5.41, 5.74) is 7.12. The van der Waals surface area contributed by atoms with Gasteiger partial charge in [0.2, 0.25) is 11.8 Å². The van der Waals surface area contributed by atoms with E-state index in [1.54, 1.807) is 0 Å². The molecule has 3 aliphatic rings. The zero-order valence-electron chi connectivity index (χ0n) is 32.9. The number of nitrogens with zero attached hydrogens (tertiary/aromatic N) is 4. The van der Waals surface area contributed by atoms with Crippen LogP contribution in [0, 0.1) is 11.8 Å². The van der Waals surface area contributed by atoms with E-state index in [9.17, 15) is 19.2 Å². The molecular weight excluding hydrogens is 711 g/mol. The monoisotopic (exact) mass is 761 g/mol. The number of likely N-dealkylation sites (tertiary alicyclic amines) is 2. The molecule has 0 spiro atoms. The summed E-state index contributed by atoms with van der Waals surface area (Å²) >= 11 is 0. The number of carbonyl (C=O) groups is 4. The van der Waals surface area contributed by atoms with Gasteiger partial charge >= 0.3 is 12.2 Å². The van der Waals surface area contributed by atoms with Gasteiger partial charge in [0.05, 0.1) is 43.9 Å². The van der Waals surface area contributed by atoms with E-state index in [2.05, 4.69) is 70.2 Å². The van der Waals surface area contributed by atoms with Crippen molar-refractivity contribution in [1.82, 2.24) is 30.4 Å². The maximum absolute atomic E-state index is 13.7. The Morgan fingerprint density at radius 2 is 1.27 bits per heavy atom. The van der Waals surface area contributed by atoms with Crippen molar-refractivity contribution in [2.75, 3.05) is 27.3 Å². The molecule has 3 aliphatic heterocycles. The number of imidazole rings is 1. The Kier molecular flexibility index (Phi) is 11.1. The van der Waals surface area contributed by atoms with Crippen LogP contribution >= 0.6 is 0 Å². The molecular formula is C43H51N7O6. The third-order valence-electron chi connectivity index (χ3n) is 11.4. The summed E-state index contributed by atoms with van der Waals surface area (Å²) in [5.74, 6) is 0.301. The summed E-state index contributed by atoms with van der Waals surface area (Å²) < 4.78 is 9.55. The van der Waals surface area contributed by atoms with Crippen LogP contribution < -0.4 is 10.6 Å². The fourth-order valence-corrected chi connectivity index (χ4v) is 8.29. The number of ether oxygens (including phenoxy) is 2. The molecule has 294 valence electrons. The molecule has 4 amide bonds. The second-order valence-electron chi connectivity index (χ2n) is 15.7. The Morgan fingerprint density at radius 3 is 1.88 bits per heavy atom. The number of aromatic amines is 1. The van der Waals surface area contributed by atoms with Gasteiger partial charge in [-0.25, -0.2) is 14.6 Å². The topological polar surface area (TPSA) is 158 Å². The van der Waals surface area contributed by atoms with Crippen LogP contribution in [0.4, 0.5) is 15.3 Å². The molecule has 13 heteroatoms. The number of aliphatic imine (C=N–C) groups is 1. The van der Waals surface area contributed by atoms with Crippen molar-refractivity contribution in [2.24, 2.45) is 16.8 Å². The van der Waals surface area contributed by atoms with Crippen LogP contribution in [0.25, 0.3) is 33.2 Å². The number of hydrogen-bond donors (Lipinski definition) is 3. The number of carbonyl (C=O) groups excluding carboxylic acids is 4. The number of methoxy groups -OCH3 is 2. The molecule has 0 bridgehead atoms. The maximum Gasteiger partial charge on any atom is 0.407 e. The summed E-state index contributed by atoms with van der Waals surface area (Å²) in [5, 5.41) is 7.63. The van der Waals surface area contributed by atoms with E-state index in [0.29, 0.717) is 19.5 Å². The molecule has 13 nitrogen and oxygen atoms in total. The fraction of sp³-hybridized carbons (Fsp3) is 0.442. The van der Waals surface area contributed by atoms with E-state index in [4.69, 9.17) is 19.5 Å². The number of fused-ring (bicyclic) bond motifs is 2. The van der Waals surface area contributed by atoms with E-state index in [-0.39, 0.29) is 35.7 Å². The summed E-state index contributed by atoms with van der Waals surface area (Å²) in [6.45, 7) is 8.88. The van der Waals surface area contributed by atoms with Gasteiger partial charge in [0, 0.05) is 30.8 Å². The standard InChI is InChI=1S/C43H51N7O6/c1-24(2)37(47-42(53)55-5)40(51)49-17-7-9-35(49)33-22-31-21-29(15-16-32(31)45-33)26-11-12-28-20-30(14-13-27(28)19-26)34-23-44-39(46-34)36-10-8-18-50(36)41(52)38(25(3)4)48-43(54)56-6/h11-16,19-21,23-25,35-38H,7-10,17-18,22H2,1-6H3,(H,44,46)(H,47,53)(H,48,54)/t35-,36-,37-,38?/m0/s1. The number of benzene rings is 3. The lowest BCUT2D eigenvalue weighted by molar-refractivity contribution is -0.135. The van der Waals surface area contributed by atoms with Crippen LogP contribution in [0.5, 0.6) is 0 Å². The van der Waals surface area contributed by atoms with E-state index in [0.717, 1.165) is 81.6 Å². The Labute approximate surface area is 327 Å². The van der Waals surface area contributed by atoms with Crippen molar-refractivity contribution in [3.63, 3.8) is 0 Å². The number of aromatic nitrogens is 2. The number of H-pyrrole nitrogens is 1. The molecule has 4 aromatic rings. The summed E-state index contributed by atoms with van der Waals surface area (Å²) in [6, 6.07) is 17.5. The number of alkyl carbamates (subject to hydrolysis) is 2. The van der Waals surface area contributed by atoms with E-state index in [1.807, 2.05) is 43.7 Å². The van der Waals surface area contributed by atoms with Gasteiger partial charge < -0.3 is 34.9 Å². The third kappa shape index (κ3) is 7.71. The van der Waals surface area contributed by atoms with Crippen molar-refractivity contribution < 1.29 is 28.7 Å². The minimum absolute atomic E-state index is 0.0884. The Hall–Kier alpha value is -5.72. The van der Waals surface area contributed by atoms with Gasteiger partial charge in [-0.3, -0.25) is 14.6 Å². The first-order valence-corrected chi connectivity index (χ1v) is 19.6. The summed E-state index contributed by atoms with van der Waals surface area (Å²) in [4.78, 5) is 68.1. The van der Waals surface area contributed by atoms with Gasteiger partial charge in [-0.2, -0.15) is 0 Å². The molecule has 2 fully saturated rings. The average Bonchev–Trinajstić information content (AvgIpc) is 4.03. The number of hydrogen-bond acceptors (Lipinski definition) is 8. The van der Waals surface area contributed by atoms with Crippen LogP contribution in [0.3, 0.4) is 0 Å². The Balaban J connectivity index is 1.04. The maximum atomic E-state index is 13.7. The predicted octanol–water partition coefficient (Wildman–Crippen LogP) is 6.94. The van der Waals surface area contributed by atoms with Crippen molar-refractivity contribution in [2.45, 2.75) is 84.0 Å². The number of nitrogens with one attached hydrogen (secondary N) is 3. The van der Waals surface area contributed by atoms with Crippen LogP contribution in [-0.4, -0.2) is 94.9 Å². The van der Waals surface area contributed by atoms with Gasteiger partial charge in [-0.1, -0.05) is 58.0 Å². The molecule has 0 saturated carbocycles. The SMILES string of the molecule is COC(=O)NC(C(=O)N1CCC[C@H]1c1ncc(-c2ccc3cc(-c4ccc5c(c4)CC([C@@H]4CCCN4C(=O)[C@@H](NC(=O)OC)C(C)C)=N5)ccc3c2)[nH]1)C(C)C. The molecule has 2 saturated heterocycles. The van der Waals surface area contributed by atoms with Crippen LogP contribution in [0.1, 0.15) is 70.8 Å². The predicted molar refractivity (Wildman–Crippen MR) is 215 cm³/mol. The molecule has 0 radical (unpaired) electrons. The minimum atomic E-state index is -0.688. The molecule has 56 heavy (non-hydrogen) atoms. The Bertz CT molecular complexity index is 2180. The van der Waals surface area contributed by atoms with Gasteiger partial charge in [0.25, 0.3) is 0 Å². The zero-order chi connectivity index (χ0) is 39.7. The van der Waals surface area contributed by atoms with Gasteiger partial charge in [-0.15, -0.1) is 0 Å². The second kappa shape index (κ2) is 16.2. The van der Waals surface area contributed by atoms with Crippen molar-refractivity contribution in [3.05, 3.63) is 72.2 Å². The third-order valence-corrected chi connectivity index (χ3v) is 11.4. The number of rotatable bonds is 10. The first kappa shape index (κ1) is 38.6. The average molecular weight is 762 g/mol. The van der Waals surface area contributed by atoms with Gasteiger partial charge in [0.15, 0.2) is 0 Å². The smallest absolute Gasteiger partial charge is 0.407 e. The Morgan fingerprint density at radius 1 is 0.732 bits per heavy atom. The first-order chi connectivity index (χ1) is 26.9. The van der Waals surface area contributed by atoms with Crippen LogP contribution in [-0.2, 0) is 25.5 Å². The normalized spacial score (nSPS) is 18.9. The summed E-state index contributed by atoms with van der Waals surface area (Å²) in [6.07, 6.45) is 4.63. The molecule has 1 unspecified atom stereocenters. The molecule has 3 aromatic carbocycles. The van der Waals surface area contributed by atoms with Crippen molar-refractivity contribution in [1.29, 1.82) is 0 Å². The highest BCUT2D eigenvalue weighted by atomic mass is 16.5. The van der Waals surface area contributed by atoms with E-state index < -0.39 is 24.3 Å². The highest BCUT2D eigenvalue weighted by molar-refractivity contribution is 6.01. The highest BCUT2D eigenvalue weighted by Gasteiger charge is 2.40. The van der Waals surface area contributed by atoms with Gasteiger partial charge in [0.1, 0.15) is 17.9 Å². The molecule has 1 aromatic heterocycles. The van der Waals surface area contributed by atoms with Crippen LogP contribution in [0.2, 0.25) is 0 Å². The first-order valence-electron chi connectivity index (χ1n) is 19.6. The van der Waals surface area contributed by atoms with Gasteiger partial charge in [-0.05, 0) is 89.2 Å². The molecule has 4 heterocycles. The summed E-state index contributed by atoms with van der Waals surface area (Å²) in [7, 11) is 2.59. The highest BCUT2D eigenvalue weighted by Crippen LogP contribution is 2.37. The molecule has 0 aliphatic carbocycles. The van der Waals surface area contributed by atoms with E-state index >= 15 is 0 Å². The van der Waals surface area contributed by atoms with Crippen LogP contribution in [0.15, 0.2) is 65.8 Å². The lowest BCUT2D eigenvalue weighted by Gasteiger charge is -2.30. The van der Waals surface area contributed by atoms with Crippen molar-refractivity contribution in [3.8, 4) is 22.4 Å². The fourth-order valence-electron chi connectivity index (χ4n) is 8.29. The zero-order valence-corrected chi connectivity index (χ0v) is 32.9. The molecule has 7 rings (SSSR count).